The first-order valence-electron chi connectivity index (χ1n) is 8.68. The molecule has 0 radical (unpaired) electrons. The van der Waals surface area contributed by atoms with E-state index in [0.29, 0.717) is 18.5 Å². The van der Waals surface area contributed by atoms with E-state index in [1.54, 1.807) is 12.1 Å². The smallest absolute Gasteiger partial charge is 0.406 e. The molecule has 0 aromatic heterocycles. The largest absolute Gasteiger partial charge is 0.573 e. The summed E-state index contributed by atoms with van der Waals surface area (Å²) in [7, 11) is 2.11. The second-order valence-corrected chi connectivity index (χ2v) is 6.87. The first-order chi connectivity index (χ1) is 12.3. The van der Waals surface area contributed by atoms with E-state index in [2.05, 4.69) is 40.9 Å². The van der Waals surface area contributed by atoms with Gasteiger partial charge in [-0.05, 0) is 54.6 Å². The van der Waals surface area contributed by atoms with Crippen molar-refractivity contribution in [2.45, 2.75) is 44.3 Å². The number of hydrogen-bond donors (Lipinski definition) is 1. The van der Waals surface area contributed by atoms with Crippen LogP contribution in [0.15, 0.2) is 48.5 Å². The van der Waals surface area contributed by atoms with Crippen LogP contribution >= 0.6 is 0 Å². The van der Waals surface area contributed by atoms with Gasteiger partial charge >= 0.3 is 6.36 Å². The molecule has 0 spiro atoms. The molecule has 1 aliphatic rings. The van der Waals surface area contributed by atoms with Crippen molar-refractivity contribution in [1.29, 1.82) is 0 Å². The van der Waals surface area contributed by atoms with Gasteiger partial charge in [-0.15, -0.1) is 13.2 Å². The lowest BCUT2D eigenvalue weighted by Gasteiger charge is -2.41. The van der Waals surface area contributed by atoms with E-state index in [0.717, 1.165) is 30.5 Å². The Morgan fingerprint density at radius 3 is 2.12 bits per heavy atom. The molecule has 140 valence electrons. The lowest BCUT2D eigenvalue weighted by atomic mass is 9.75. The molecule has 0 aliphatic heterocycles. The molecule has 0 amide bonds. The summed E-state index contributed by atoms with van der Waals surface area (Å²) in [6.07, 6.45) is -2.62. The van der Waals surface area contributed by atoms with Crippen LogP contribution in [0.4, 0.5) is 13.2 Å². The molecule has 2 N–H and O–H groups in total. The maximum absolute atomic E-state index is 12.2. The molecule has 0 bridgehead atoms. The molecular formula is C20H23F3N2O. The molecule has 26 heavy (non-hydrogen) atoms. The molecule has 0 heterocycles. The highest BCUT2D eigenvalue weighted by molar-refractivity contribution is 5.31. The van der Waals surface area contributed by atoms with Gasteiger partial charge in [0.1, 0.15) is 5.75 Å². The SMILES string of the molecule is CN(Cc1ccc(CN)cc1)C1CC(c2ccc(OC(F)(F)F)cc2)C1. The molecule has 2 aromatic carbocycles. The Balaban J connectivity index is 1.49. The van der Waals surface area contributed by atoms with Gasteiger partial charge in [0.25, 0.3) is 0 Å². The van der Waals surface area contributed by atoms with Crippen LogP contribution in [0.5, 0.6) is 5.75 Å². The highest BCUT2D eigenvalue weighted by Crippen LogP contribution is 2.40. The fourth-order valence-electron chi connectivity index (χ4n) is 3.36. The minimum absolute atomic E-state index is 0.171. The summed E-state index contributed by atoms with van der Waals surface area (Å²) in [5, 5.41) is 0. The molecule has 0 unspecified atom stereocenters. The van der Waals surface area contributed by atoms with Crippen molar-refractivity contribution in [2.75, 3.05) is 7.05 Å². The minimum atomic E-state index is -4.64. The Morgan fingerprint density at radius 2 is 1.58 bits per heavy atom. The Labute approximate surface area is 151 Å². The van der Waals surface area contributed by atoms with Crippen LogP contribution in [0.2, 0.25) is 0 Å². The topological polar surface area (TPSA) is 38.5 Å². The number of nitrogens with zero attached hydrogens (tertiary/aromatic N) is 1. The van der Waals surface area contributed by atoms with Crippen molar-refractivity contribution < 1.29 is 17.9 Å². The first-order valence-corrected chi connectivity index (χ1v) is 8.68. The van der Waals surface area contributed by atoms with Gasteiger partial charge in [-0.2, -0.15) is 0 Å². The van der Waals surface area contributed by atoms with E-state index in [1.165, 1.54) is 17.7 Å². The van der Waals surface area contributed by atoms with Crippen LogP contribution in [0.25, 0.3) is 0 Å². The summed E-state index contributed by atoms with van der Waals surface area (Å²) in [5.74, 6) is 0.220. The molecule has 0 saturated heterocycles. The van der Waals surface area contributed by atoms with Crippen molar-refractivity contribution in [1.82, 2.24) is 4.90 Å². The molecule has 0 atom stereocenters. The number of hydrogen-bond acceptors (Lipinski definition) is 3. The number of halogens is 3. The maximum Gasteiger partial charge on any atom is 0.573 e. The van der Waals surface area contributed by atoms with E-state index in [4.69, 9.17) is 5.73 Å². The highest BCUT2D eigenvalue weighted by atomic mass is 19.4. The van der Waals surface area contributed by atoms with Crippen molar-refractivity contribution in [3.05, 3.63) is 65.2 Å². The highest BCUT2D eigenvalue weighted by Gasteiger charge is 2.34. The van der Waals surface area contributed by atoms with Crippen molar-refractivity contribution in [2.24, 2.45) is 5.73 Å². The second kappa shape index (κ2) is 7.68. The lowest BCUT2D eigenvalue weighted by Crippen LogP contribution is -2.41. The Hall–Kier alpha value is -2.05. The molecule has 6 heteroatoms. The van der Waals surface area contributed by atoms with E-state index < -0.39 is 6.36 Å². The molecule has 2 aromatic rings. The van der Waals surface area contributed by atoms with Crippen LogP contribution in [-0.4, -0.2) is 24.4 Å². The van der Waals surface area contributed by atoms with Gasteiger partial charge in [0.15, 0.2) is 0 Å². The third-order valence-corrected chi connectivity index (χ3v) is 5.01. The molecular weight excluding hydrogens is 341 g/mol. The van der Waals surface area contributed by atoms with E-state index >= 15 is 0 Å². The zero-order chi connectivity index (χ0) is 18.7. The predicted octanol–water partition coefficient (Wildman–Crippen LogP) is 4.42. The van der Waals surface area contributed by atoms with E-state index in [9.17, 15) is 13.2 Å². The van der Waals surface area contributed by atoms with Crippen LogP contribution in [0.1, 0.15) is 35.4 Å². The summed E-state index contributed by atoms with van der Waals surface area (Å²) in [5.41, 5.74) is 9.06. The number of ether oxygens (including phenoxy) is 1. The monoisotopic (exact) mass is 364 g/mol. The second-order valence-electron chi connectivity index (χ2n) is 6.87. The van der Waals surface area contributed by atoms with Gasteiger partial charge in [-0.1, -0.05) is 36.4 Å². The van der Waals surface area contributed by atoms with Gasteiger partial charge < -0.3 is 10.5 Å². The number of alkyl halides is 3. The molecule has 3 rings (SSSR count). The lowest BCUT2D eigenvalue weighted by molar-refractivity contribution is -0.274. The summed E-state index contributed by atoms with van der Waals surface area (Å²) in [4.78, 5) is 2.33. The Morgan fingerprint density at radius 1 is 1.00 bits per heavy atom. The third-order valence-electron chi connectivity index (χ3n) is 5.01. The number of benzene rings is 2. The molecule has 1 saturated carbocycles. The van der Waals surface area contributed by atoms with Crippen LogP contribution in [0, 0.1) is 0 Å². The number of nitrogens with two attached hydrogens (primary N) is 1. The summed E-state index contributed by atoms with van der Waals surface area (Å²) >= 11 is 0. The average molecular weight is 364 g/mol. The maximum atomic E-state index is 12.2. The van der Waals surface area contributed by atoms with Gasteiger partial charge in [0, 0.05) is 19.1 Å². The molecule has 3 nitrogen and oxygen atoms in total. The van der Waals surface area contributed by atoms with E-state index in [-0.39, 0.29) is 5.75 Å². The first kappa shape index (κ1) is 18.7. The van der Waals surface area contributed by atoms with Gasteiger partial charge in [-0.25, -0.2) is 0 Å². The molecule has 1 fully saturated rings. The van der Waals surface area contributed by atoms with Gasteiger partial charge in [0.05, 0.1) is 0 Å². The fraction of sp³-hybridized carbons (Fsp3) is 0.400. The van der Waals surface area contributed by atoms with Crippen LogP contribution < -0.4 is 10.5 Å². The van der Waals surface area contributed by atoms with Crippen molar-refractivity contribution in [3.63, 3.8) is 0 Å². The Bertz CT molecular complexity index is 707. The minimum Gasteiger partial charge on any atom is -0.406 e. The zero-order valence-corrected chi connectivity index (χ0v) is 14.7. The summed E-state index contributed by atoms with van der Waals surface area (Å²) in [6, 6.07) is 15.0. The molecule has 1 aliphatic carbocycles. The van der Waals surface area contributed by atoms with Crippen LogP contribution in [-0.2, 0) is 13.1 Å². The summed E-state index contributed by atoms with van der Waals surface area (Å²) in [6.45, 7) is 1.42. The van der Waals surface area contributed by atoms with Gasteiger partial charge in [-0.3, -0.25) is 4.90 Å². The van der Waals surface area contributed by atoms with E-state index in [1.807, 2.05) is 0 Å². The Kier molecular flexibility index (Phi) is 5.53. The predicted molar refractivity (Wildman–Crippen MR) is 94.7 cm³/mol. The quantitative estimate of drug-likeness (QED) is 0.825. The van der Waals surface area contributed by atoms with Crippen LogP contribution in [0.3, 0.4) is 0 Å². The van der Waals surface area contributed by atoms with Crippen molar-refractivity contribution >= 4 is 0 Å². The normalized spacial score (nSPS) is 20.1. The standard InChI is InChI=1S/C20H23F3N2O/c1-25(13-15-4-2-14(12-24)3-5-15)18-10-17(11-18)16-6-8-19(9-7-16)26-20(21,22)23/h2-9,17-18H,10-13,24H2,1H3. The van der Waals surface area contributed by atoms with Gasteiger partial charge in [0.2, 0.25) is 0 Å². The number of rotatable bonds is 6. The van der Waals surface area contributed by atoms with Crippen molar-refractivity contribution in [3.8, 4) is 5.75 Å². The average Bonchev–Trinajstić information content (AvgIpc) is 2.54. The fourth-order valence-corrected chi connectivity index (χ4v) is 3.36. The summed E-state index contributed by atoms with van der Waals surface area (Å²) < 4.78 is 40.5. The zero-order valence-electron chi connectivity index (χ0n) is 14.7. The third kappa shape index (κ3) is 4.77.